The highest BCUT2D eigenvalue weighted by molar-refractivity contribution is 6.02. The molecule has 1 N–H and O–H groups in total. The lowest BCUT2D eigenvalue weighted by Crippen LogP contribution is -2.36. The molecule has 2 heterocycles. The van der Waals surface area contributed by atoms with Gasteiger partial charge in [-0.1, -0.05) is 32.0 Å². The molecule has 0 aliphatic heterocycles. The highest BCUT2D eigenvalue weighted by Gasteiger charge is 2.23. The number of furan rings is 1. The second kappa shape index (κ2) is 8.72. The summed E-state index contributed by atoms with van der Waals surface area (Å²) in [5.74, 6) is -0.476. The Balaban J connectivity index is 1.81. The standard InChI is InChI=1S/C21H23N3O5/c1-13(2)12-24-20(26)17-9-5-4-8-16(17)18(23-24)21(27)29-14(3)19(25)22-11-15-7-6-10-28-15/h4-10,13-14H,11-12H2,1-3H3,(H,22,25)/t14-/m1/s1. The minimum absolute atomic E-state index is 0.00605. The molecule has 1 amide bonds. The first-order chi connectivity index (χ1) is 13.9. The van der Waals surface area contributed by atoms with Crippen LogP contribution in [0.1, 0.15) is 37.0 Å². The van der Waals surface area contributed by atoms with Crippen molar-refractivity contribution in [2.75, 3.05) is 0 Å². The van der Waals surface area contributed by atoms with Crippen LogP contribution in [-0.2, 0) is 22.6 Å². The van der Waals surface area contributed by atoms with E-state index in [9.17, 15) is 14.4 Å². The van der Waals surface area contributed by atoms with Crippen LogP contribution in [0.25, 0.3) is 10.8 Å². The molecule has 0 bridgehead atoms. The molecule has 0 saturated carbocycles. The van der Waals surface area contributed by atoms with Crippen LogP contribution in [0.15, 0.2) is 51.9 Å². The summed E-state index contributed by atoms with van der Waals surface area (Å²) in [5.41, 5.74) is -0.262. The number of benzene rings is 1. The van der Waals surface area contributed by atoms with Gasteiger partial charge in [0.15, 0.2) is 11.8 Å². The third-order valence-corrected chi connectivity index (χ3v) is 4.27. The van der Waals surface area contributed by atoms with Crippen molar-refractivity contribution in [2.24, 2.45) is 5.92 Å². The quantitative estimate of drug-likeness (QED) is 0.615. The maximum Gasteiger partial charge on any atom is 0.360 e. The van der Waals surface area contributed by atoms with E-state index in [4.69, 9.17) is 9.15 Å². The molecule has 152 valence electrons. The van der Waals surface area contributed by atoms with Crippen LogP contribution < -0.4 is 10.9 Å². The van der Waals surface area contributed by atoms with Crippen molar-refractivity contribution in [3.8, 4) is 0 Å². The average molecular weight is 397 g/mol. The van der Waals surface area contributed by atoms with Gasteiger partial charge in [0.05, 0.1) is 18.2 Å². The highest BCUT2D eigenvalue weighted by Crippen LogP contribution is 2.15. The molecule has 0 spiro atoms. The lowest BCUT2D eigenvalue weighted by Gasteiger charge is -2.15. The summed E-state index contributed by atoms with van der Waals surface area (Å²) in [6.45, 7) is 5.93. The van der Waals surface area contributed by atoms with Gasteiger partial charge in [-0.25, -0.2) is 9.48 Å². The number of hydrogen-bond acceptors (Lipinski definition) is 6. The molecule has 8 heteroatoms. The summed E-state index contributed by atoms with van der Waals surface area (Å²) >= 11 is 0. The fraction of sp³-hybridized carbons (Fsp3) is 0.333. The molecule has 29 heavy (non-hydrogen) atoms. The van der Waals surface area contributed by atoms with Crippen LogP contribution in [0.2, 0.25) is 0 Å². The molecule has 3 aromatic rings. The van der Waals surface area contributed by atoms with Crippen molar-refractivity contribution in [1.29, 1.82) is 0 Å². The molecule has 0 unspecified atom stereocenters. The summed E-state index contributed by atoms with van der Waals surface area (Å²) in [5, 5.41) is 7.64. The lowest BCUT2D eigenvalue weighted by molar-refractivity contribution is -0.129. The van der Waals surface area contributed by atoms with E-state index < -0.39 is 18.0 Å². The van der Waals surface area contributed by atoms with Gasteiger partial charge in [-0.05, 0) is 31.0 Å². The first kappa shape index (κ1) is 20.3. The predicted octanol–water partition coefficient (Wildman–Crippen LogP) is 2.51. The largest absolute Gasteiger partial charge is 0.467 e. The topological polar surface area (TPSA) is 103 Å². The first-order valence-electron chi connectivity index (χ1n) is 9.37. The van der Waals surface area contributed by atoms with E-state index in [-0.39, 0.29) is 23.7 Å². The Morgan fingerprint density at radius 1 is 1.14 bits per heavy atom. The summed E-state index contributed by atoms with van der Waals surface area (Å²) in [6, 6.07) is 10.2. The summed E-state index contributed by atoms with van der Waals surface area (Å²) < 4.78 is 11.7. The maximum absolute atomic E-state index is 12.8. The average Bonchev–Trinajstić information content (AvgIpc) is 3.21. The number of nitrogens with one attached hydrogen (secondary N) is 1. The van der Waals surface area contributed by atoms with Crippen LogP contribution in [0.4, 0.5) is 0 Å². The molecule has 1 aromatic carbocycles. The van der Waals surface area contributed by atoms with Gasteiger partial charge in [-0.2, -0.15) is 5.10 Å². The number of nitrogens with zero attached hydrogens (tertiary/aromatic N) is 2. The molecule has 8 nitrogen and oxygen atoms in total. The van der Waals surface area contributed by atoms with Gasteiger partial charge >= 0.3 is 5.97 Å². The molecule has 0 fully saturated rings. The second-order valence-corrected chi connectivity index (χ2v) is 7.12. The number of ether oxygens (including phenoxy) is 1. The zero-order chi connectivity index (χ0) is 21.0. The number of aromatic nitrogens is 2. The van der Waals surface area contributed by atoms with E-state index in [0.717, 1.165) is 0 Å². The van der Waals surface area contributed by atoms with Gasteiger partial charge in [0.1, 0.15) is 5.76 Å². The molecular weight excluding hydrogens is 374 g/mol. The van der Waals surface area contributed by atoms with Crippen molar-refractivity contribution in [3.63, 3.8) is 0 Å². The molecule has 0 radical (unpaired) electrons. The Morgan fingerprint density at radius 2 is 1.86 bits per heavy atom. The summed E-state index contributed by atoms with van der Waals surface area (Å²) in [7, 11) is 0. The first-order valence-corrected chi connectivity index (χ1v) is 9.37. The van der Waals surface area contributed by atoms with Crippen LogP contribution in [0.3, 0.4) is 0 Å². The van der Waals surface area contributed by atoms with E-state index in [0.29, 0.717) is 23.1 Å². The SMILES string of the molecule is CC(C)Cn1nc(C(=O)O[C@H](C)C(=O)NCc2ccco2)c2ccccc2c1=O. The molecule has 2 aromatic heterocycles. The van der Waals surface area contributed by atoms with Crippen LogP contribution in [-0.4, -0.2) is 27.8 Å². The van der Waals surface area contributed by atoms with E-state index in [1.807, 2.05) is 13.8 Å². The third-order valence-electron chi connectivity index (χ3n) is 4.27. The van der Waals surface area contributed by atoms with Gasteiger partial charge in [-0.15, -0.1) is 0 Å². The van der Waals surface area contributed by atoms with Crippen LogP contribution in [0.5, 0.6) is 0 Å². The summed E-state index contributed by atoms with van der Waals surface area (Å²) in [6.07, 6.45) is 0.469. The zero-order valence-corrected chi connectivity index (χ0v) is 16.5. The van der Waals surface area contributed by atoms with Gasteiger partial charge in [0.2, 0.25) is 0 Å². The van der Waals surface area contributed by atoms with Crippen LogP contribution >= 0.6 is 0 Å². The highest BCUT2D eigenvalue weighted by atomic mass is 16.5. The Hall–Kier alpha value is -3.42. The molecule has 0 aliphatic rings. The molecule has 0 saturated heterocycles. The van der Waals surface area contributed by atoms with Gasteiger partial charge in [-0.3, -0.25) is 9.59 Å². The fourth-order valence-electron chi connectivity index (χ4n) is 2.86. The number of carbonyl (C=O) groups excluding carboxylic acids is 2. The smallest absolute Gasteiger partial charge is 0.360 e. The summed E-state index contributed by atoms with van der Waals surface area (Å²) in [4.78, 5) is 37.6. The Labute approximate surface area is 167 Å². The molecule has 0 aliphatic carbocycles. The minimum Gasteiger partial charge on any atom is -0.467 e. The van der Waals surface area contributed by atoms with E-state index in [1.165, 1.54) is 17.9 Å². The van der Waals surface area contributed by atoms with Crippen molar-refractivity contribution in [2.45, 2.75) is 40.0 Å². The van der Waals surface area contributed by atoms with Crippen molar-refractivity contribution < 1.29 is 18.7 Å². The normalized spacial score (nSPS) is 12.1. The Bertz CT molecular complexity index is 1070. The van der Waals surface area contributed by atoms with Crippen molar-refractivity contribution >= 4 is 22.6 Å². The second-order valence-electron chi connectivity index (χ2n) is 7.12. The number of fused-ring (bicyclic) bond motifs is 1. The fourth-order valence-corrected chi connectivity index (χ4v) is 2.86. The Kier molecular flexibility index (Phi) is 6.11. The number of rotatable bonds is 7. The number of hydrogen-bond donors (Lipinski definition) is 1. The lowest BCUT2D eigenvalue weighted by atomic mass is 10.1. The Morgan fingerprint density at radius 3 is 2.52 bits per heavy atom. The van der Waals surface area contributed by atoms with Crippen LogP contribution in [0, 0.1) is 5.92 Å². The monoisotopic (exact) mass is 397 g/mol. The van der Waals surface area contributed by atoms with Crippen molar-refractivity contribution in [1.82, 2.24) is 15.1 Å². The third kappa shape index (κ3) is 4.71. The predicted molar refractivity (Wildman–Crippen MR) is 106 cm³/mol. The minimum atomic E-state index is -1.04. The van der Waals surface area contributed by atoms with Crippen molar-refractivity contribution in [3.05, 3.63) is 64.5 Å². The number of carbonyl (C=O) groups is 2. The zero-order valence-electron chi connectivity index (χ0n) is 16.5. The van der Waals surface area contributed by atoms with Gasteiger partial charge < -0.3 is 14.5 Å². The van der Waals surface area contributed by atoms with Gasteiger partial charge in [0.25, 0.3) is 11.5 Å². The van der Waals surface area contributed by atoms with E-state index in [1.54, 1.807) is 36.4 Å². The number of esters is 1. The molecule has 1 atom stereocenters. The molecule has 3 rings (SSSR count). The van der Waals surface area contributed by atoms with Gasteiger partial charge in [0, 0.05) is 11.9 Å². The molecular formula is C21H23N3O5. The maximum atomic E-state index is 12.8. The van der Waals surface area contributed by atoms with E-state index in [2.05, 4.69) is 10.4 Å². The van der Waals surface area contributed by atoms with E-state index >= 15 is 0 Å². The number of amides is 1.